The summed E-state index contributed by atoms with van der Waals surface area (Å²) < 4.78 is 0. The number of thiazole rings is 1. The number of allylic oxidation sites excluding steroid dienone is 2. The van der Waals surface area contributed by atoms with Crippen LogP contribution in [-0.2, 0) is 11.3 Å². The molecule has 8 heteroatoms. The summed E-state index contributed by atoms with van der Waals surface area (Å²) >= 11 is 8.24. The molecule has 0 radical (unpaired) electrons. The lowest BCUT2D eigenvalue weighted by Crippen LogP contribution is -2.41. The molecule has 2 aliphatic heterocycles. The summed E-state index contributed by atoms with van der Waals surface area (Å²) in [5, 5.41) is 6.56. The quantitative estimate of drug-likeness (QED) is 0.555. The number of dihydropyridines is 1. The van der Waals surface area contributed by atoms with Crippen LogP contribution in [0.3, 0.4) is 0 Å². The first-order valence-corrected chi connectivity index (χ1v) is 12.4. The Hall–Kier alpha value is -3.29. The van der Waals surface area contributed by atoms with Gasteiger partial charge in [0, 0.05) is 52.6 Å². The maximum atomic E-state index is 13.5. The SMILES string of the molecule is C=C(/N=C1\C(=C/C)C=C(c2ccc(C3=CCCN=C3)cc2Cl)C(=O)N1CC)NCc1nccs1. The summed E-state index contributed by atoms with van der Waals surface area (Å²) in [7, 11) is 0. The topological polar surface area (TPSA) is 70.0 Å². The van der Waals surface area contributed by atoms with Crippen LogP contribution in [0.1, 0.15) is 36.4 Å². The Morgan fingerprint density at radius 3 is 2.91 bits per heavy atom. The number of carbonyl (C=O) groups excluding carboxylic acids is 1. The first-order chi connectivity index (χ1) is 16.5. The predicted molar refractivity (Wildman–Crippen MR) is 142 cm³/mol. The monoisotopic (exact) mass is 491 g/mol. The van der Waals surface area contributed by atoms with Crippen molar-refractivity contribution in [2.45, 2.75) is 26.8 Å². The highest BCUT2D eigenvalue weighted by molar-refractivity contribution is 7.09. The van der Waals surface area contributed by atoms with Gasteiger partial charge in [0.25, 0.3) is 5.91 Å². The highest BCUT2D eigenvalue weighted by Crippen LogP contribution is 2.33. The number of halogens is 1. The zero-order chi connectivity index (χ0) is 24.1. The number of nitrogens with zero attached hydrogens (tertiary/aromatic N) is 4. The van der Waals surface area contributed by atoms with Crippen molar-refractivity contribution < 1.29 is 4.79 Å². The molecule has 0 aliphatic carbocycles. The summed E-state index contributed by atoms with van der Waals surface area (Å²) in [6.07, 6.45) is 10.5. The molecule has 3 heterocycles. The van der Waals surface area contributed by atoms with E-state index < -0.39 is 0 Å². The average molecular weight is 492 g/mol. The van der Waals surface area contributed by atoms with E-state index in [-0.39, 0.29) is 5.91 Å². The molecule has 1 N–H and O–H groups in total. The van der Waals surface area contributed by atoms with Crippen LogP contribution in [0.25, 0.3) is 11.1 Å². The lowest BCUT2D eigenvalue weighted by Gasteiger charge is -2.30. The molecule has 1 amide bonds. The fourth-order valence-electron chi connectivity index (χ4n) is 3.80. The summed E-state index contributed by atoms with van der Waals surface area (Å²) in [5.41, 5.74) is 4.10. The molecule has 0 saturated carbocycles. The van der Waals surface area contributed by atoms with Gasteiger partial charge in [0.1, 0.15) is 16.7 Å². The molecule has 1 aromatic carbocycles. The molecule has 4 rings (SSSR count). The van der Waals surface area contributed by atoms with Crippen LogP contribution in [-0.4, -0.2) is 40.9 Å². The molecule has 34 heavy (non-hydrogen) atoms. The summed E-state index contributed by atoms with van der Waals surface area (Å²) in [4.78, 5) is 28.4. The number of nitrogens with one attached hydrogen (secondary N) is 1. The van der Waals surface area contributed by atoms with Gasteiger partial charge < -0.3 is 5.32 Å². The molecule has 2 aliphatic rings. The van der Waals surface area contributed by atoms with Crippen molar-refractivity contribution >= 4 is 52.0 Å². The Morgan fingerprint density at radius 1 is 1.41 bits per heavy atom. The van der Waals surface area contributed by atoms with Crippen LogP contribution in [0.5, 0.6) is 0 Å². The second-order valence-electron chi connectivity index (χ2n) is 7.69. The first-order valence-electron chi connectivity index (χ1n) is 11.1. The largest absolute Gasteiger partial charge is 0.364 e. The van der Waals surface area contributed by atoms with E-state index in [1.54, 1.807) is 22.4 Å². The van der Waals surface area contributed by atoms with Crippen LogP contribution in [0, 0.1) is 0 Å². The number of carbonyl (C=O) groups is 1. The van der Waals surface area contributed by atoms with Crippen molar-refractivity contribution in [2.75, 3.05) is 13.1 Å². The fraction of sp³-hybridized carbons (Fsp3) is 0.231. The maximum absolute atomic E-state index is 13.5. The molecule has 0 atom stereocenters. The Balaban J connectivity index is 1.63. The van der Waals surface area contributed by atoms with Gasteiger partial charge in [0.05, 0.1) is 6.54 Å². The molecule has 0 saturated heterocycles. The van der Waals surface area contributed by atoms with Crippen molar-refractivity contribution in [3.8, 4) is 0 Å². The molecule has 0 spiro atoms. The van der Waals surface area contributed by atoms with E-state index >= 15 is 0 Å². The first kappa shape index (κ1) is 23.9. The fourth-order valence-corrected chi connectivity index (χ4v) is 4.64. The molecule has 2 aromatic rings. The Kier molecular flexibility index (Phi) is 7.55. The average Bonchev–Trinajstić information content (AvgIpc) is 3.38. The lowest BCUT2D eigenvalue weighted by atomic mass is 9.94. The van der Waals surface area contributed by atoms with Gasteiger partial charge in [-0.2, -0.15) is 0 Å². The third-order valence-corrected chi connectivity index (χ3v) is 6.62. The predicted octanol–water partition coefficient (Wildman–Crippen LogP) is 5.51. The summed E-state index contributed by atoms with van der Waals surface area (Å²) in [6, 6.07) is 5.79. The standard InChI is InChI=1S/C26H26ClN5OS/c1-4-18-13-22(21-9-8-19(14-23(21)27)20-7-6-10-28-15-20)26(33)32(5-2)25(18)31-17(3)30-16-24-29-11-12-34-24/h4,7-9,11-15,30H,3,5-6,10,16H2,1-2H3/b18-4-,31-25+. The Morgan fingerprint density at radius 2 is 2.26 bits per heavy atom. The number of aromatic nitrogens is 1. The van der Waals surface area contributed by atoms with Gasteiger partial charge in [0.2, 0.25) is 0 Å². The van der Waals surface area contributed by atoms with E-state index in [1.807, 2.05) is 55.8 Å². The molecule has 0 fully saturated rings. The van der Waals surface area contributed by atoms with Gasteiger partial charge in [-0.25, -0.2) is 9.98 Å². The zero-order valence-electron chi connectivity index (χ0n) is 19.2. The van der Waals surface area contributed by atoms with Gasteiger partial charge in [-0.1, -0.05) is 42.5 Å². The van der Waals surface area contributed by atoms with Crippen molar-refractivity contribution in [2.24, 2.45) is 9.98 Å². The summed E-state index contributed by atoms with van der Waals surface area (Å²) in [6.45, 7) is 9.67. The van der Waals surface area contributed by atoms with Gasteiger partial charge in [-0.3, -0.25) is 14.7 Å². The van der Waals surface area contributed by atoms with E-state index in [0.717, 1.165) is 34.7 Å². The Labute approximate surface area is 208 Å². The molecular formula is C26H26ClN5OS. The van der Waals surface area contributed by atoms with E-state index in [4.69, 9.17) is 11.6 Å². The number of rotatable bonds is 7. The minimum Gasteiger partial charge on any atom is -0.364 e. The van der Waals surface area contributed by atoms with Gasteiger partial charge in [0.15, 0.2) is 0 Å². The number of hydrogen-bond acceptors (Lipinski definition) is 6. The highest BCUT2D eigenvalue weighted by Gasteiger charge is 2.30. The third-order valence-electron chi connectivity index (χ3n) is 5.53. The minimum atomic E-state index is -0.146. The smallest absolute Gasteiger partial charge is 0.260 e. The summed E-state index contributed by atoms with van der Waals surface area (Å²) in [5.74, 6) is 0.886. The third kappa shape index (κ3) is 5.11. The lowest BCUT2D eigenvalue weighted by molar-refractivity contribution is -0.121. The van der Waals surface area contributed by atoms with Gasteiger partial charge >= 0.3 is 0 Å². The molecule has 1 aromatic heterocycles. The Bertz CT molecular complexity index is 1250. The van der Waals surface area contributed by atoms with Crippen LogP contribution >= 0.6 is 22.9 Å². The van der Waals surface area contributed by atoms with Crippen LogP contribution in [0.4, 0.5) is 0 Å². The normalized spacial score (nSPS) is 18.3. The van der Waals surface area contributed by atoms with Crippen molar-refractivity contribution in [3.05, 3.63) is 87.1 Å². The van der Waals surface area contributed by atoms with Gasteiger partial charge in [-0.05, 0) is 43.5 Å². The van der Waals surface area contributed by atoms with E-state index in [1.165, 1.54) is 0 Å². The molecule has 6 nitrogen and oxygen atoms in total. The van der Waals surface area contributed by atoms with Crippen molar-refractivity contribution in [1.29, 1.82) is 0 Å². The second kappa shape index (κ2) is 10.8. The number of benzene rings is 1. The van der Waals surface area contributed by atoms with Gasteiger partial charge in [-0.15, -0.1) is 11.3 Å². The maximum Gasteiger partial charge on any atom is 0.260 e. The van der Waals surface area contributed by atoms with Crippen LogP contribution < -0.4 is 5.32 Å². The number of amidine groups is 1. The number of amides is 1. The van der Waals surface area contributed by atoms with E-state index in [2.05, 4.69) is 32.9 Å². The number of hydrogen-bond donors (Lipinski definition) is 1. The van der Waals surface area contributed by atoms with Crippen molar-refractivity contribution in [1.82, 2.24) is 15.2 Å². The molecule has 0 unspecified atom stereocenters. The zero-order valence-corrected chi connectivity index (χ0v) is 20.8. The van der Waals surface area contributed by atoms with Crippen molar-refractivity contribution in [3.63, 3.8) is 0 Å². The number of aliphatic imine (C=N–C) groups is 2. The van der Waals surface area contributed by atoms with Crippen LogP contribution in [0.2, 0.25) is 5.02 Å². The highest BCUT2D eigenvalue weighted by atomic mass is 35.5. The minimum absolute atomic E-state index is 0.146. The van der Waals surface area contributed by atoms with E-state index in [0.29, 0.717) is 40.9 Å². The molecule has 174 valence electrons. The number of likely N-dealkylation sites (N-methyl/N-ethyl adjacent to an activating group) is 1. The van der Waals surface area contributed by atoms with E-state index in [9.17, 15) is 4.79 Å². The van der Waals surface area contributed by atoms with Crippen LogP contribution in [0.15, 0.2) is 76.0 Å². The molecule has 0 bridgehead atoms. The molecular weight excluding hydrogens is 466 g/mol. The second-order valence-corrected chi connectivity index (χ2v) is 9.08.